The lowest BCUT2D eigenvalue weighted by molar-refractivity contribution is 0.397. The van der Waals surface area contributed by atoms with Crippen LogP contribution in [0.25, 0.3) is 0 Å². The van der Waals surface area contributed by atoms with Crippen molar-refractivity contribution in [1.29, 1.82) is 0 Å². The minimum absolute atomic E-state index is 0.243. The quantitative estimate of drug-likeness (QED) is 0.628. The molecule has 0 fully saturated rings. The number of hydrogen-bond donors (Lipinski definition) is 2. The number of phenols is 2. The van der Waals surface area contributed by atoms with Crippen LogP contribution < -0.4 is 0 Å². The summed E-state index contributed by atoms with van der Waals surface area (Å²) in [7, 11) is 0. The number of phenolic OH excluding ortho intramolecular Hbond substituents is 2. The normalized spacial score (nSPS) is 13.2. The van der Waals surface area contributed by atoms with Gasteiger partial charge in [0.15, 0.2) is 11.5 Å². The van der Waals surface area contributed by atoms with E-state index in [1.807, 2.05) is 18.2 Å². The number of benzene rings is 2. The summed E-state index contributed by atoms with van der Waals surface area (Å²) in [5, 5.41) is 19.5. The van der Waals surface area contributed by atoms with Crippen molar-refractivity contribution in [3.8, 4) is 11.5 Å². The summed E-state index contributed by atoms with van der Waals surface area (Å²) in [4.78, 5) is 0. The number of hydrogen-bond acceptors (Lipinski definition) is 2. The second kappa shape index (κ2) is 5.49. The third-order valence-electron chi connectivity index (χ3n) is 2.82. The van der Waals surface area contributed by atoms with E-state index in [0.29, 0.717) is 5.56 Å². The van der Waals surface area contributed by atoms with Crippen molar-refractivity contribution in [3.63, 3.8) is 0 Å². The Morgan fingerprint density at radius 2 is 1.47 bits per heavy atom. The van der Waals surface area contributed by atoms with E-state index < -0.39 is 9.71 Å². The van der Waals surface area contributed by atoms with Crippen molar-refractivity contribution in [2.24, 2.45) is 0 Å². The Hall–Kier alpha value is -1.09. The summed E-state index contributed by atoms with van der Waals surface area (Å²) in [6, 6.07) is 13.7. The van der Waals surface area contributed by atoms with Gasteiger partial charge >= 0.3 is 0 Å². The lowest BCUT2D eigenvalue weighted by atomic mass is 9.91. The molecule has 0 radical (unpaired) electrons. The fourth-order valence-electron chi connectivity index (χ4n) is 1.97. The largest absolute Gasteiger partial charge is 0.504 e. The first-order chi connectivity index (χ1) is 8.91. The van der Waals surface area contributed by atoms with E-state index in [2.05, 4.69) is 0 Å². The van der Waals surface area contributed by atoms with Crippen LogP contribution in [-0.4, -0.2) is 14.0 Å². The summed E-state index contributed by atoms with van der Waals surface area (Å²) in [5.41, 5.74) is 1.11. The van der Waals surface area contributed by atoms with Crippen LogP contribution in [0.15, 0.2) is 48.5 Å². The van der Waals surface area contributed by atoms with Gasteiger partial charge in [0.05, 0.1) is 5.92 Å². The fraction of sp³-hybridized carbons (Fsp3) is 0.143. The molecular formula is C14H11Cl3O2. The molecule has 1 unspecified atom stereocenters. The predicted molar refractivity (Wildman–Crippen MR) is 78.3 cm³/mol. The molecule has 5 heteroatoms. The standard InChI is InChI=1S/C14H11Cl3O2/c15-14(16,17)12(9-5-2-1-3-6-9)10-7-4-8-11(18)13(10)19/h1-8,12,18-19H. The van der Waals surface area contributed by atoms with E-state index in [4.69, 9.17) is 34.8 Å². The van der Waals surface area contributed by atoms with Crippen LogP contribution in [0.2, 0.25) is 0 Å². The van der Waals surface area contributed by atoms with Crippen molar-refractivity contribution >= 4 is 34.8 Å². The highest BCUT2D eigenvalue weighted by Crippen LogP contribution is 2.49. The van der Waals surface area contributed by atoms with Crippen LogP contribution in [0.1, 0.15) is 17.0 Å². The van der Waals surface area contributed by atoms with Crippen LogP contribution in [0, 0.1) is 0 Å². The molecule has 0 aliphatic rings. The average molecular weight is 318 g/mol. The molecule has 0 aliphatic carbocycles. The van der Waals surface area contributed by atoms with E-state index in [-0.39, 0.29) is 11.5 Å². The highest BCUT2D eigenvalue weighted by Gasteiger charge is 2.37. The topological polar surface area (TPSA) is 40.5 Å². The van der Waals surface area contributed by atoms with Gasteiger partial charge in [0.2, 0.25) is 3.79 Å². The molecule has 0 saturated heterocycles. The molecule has 0 spiro atoms. The SMILES string of the molecule is Oc1cccc(C(c2ccccc2)C(Cl)(Cl)Cl)c1O. The molecule has 2 rings (SSSR count). The first-order valence-electron chi connectivity index (χ1n) is 5.53. The zero-order valence-electron chi connectivity index (χ0n) is 9.72. The molecule has 0 aromatic heterocycles. The highest BCUT2D eigenvalue weighted by molar-refractivity contribution is 6.68. The maximum absolute atomic E-state index is 9.97. The molecule has 0 heterocycles. The molecule has 1 atom stereocenters. The minimum atomic E-state index is -1.65. The molecule has 0 bridgehead atoms. The molecule has 0 saturated carbocycles. The molecule has 0 aliphatic heterocycles. The summed E-state index contributed by atoms with van der Waals surface area (Å²) in [6.45, 7) is 0. The van der Waals surface area contributed by atoms with Crippen molar-refractivity contribution < 1.29 is 10.2 Å². The molecule has 2 N–H and O–H groups in total. The minimum Gasteiger partial charge on any atom is -0.504 e. The average Bonchev–Trinajstić information content (AvgIpc) is 2.35. The van der Waals surface area contributed by atoms with Gasteiger partial charge in [0, 0.05) is 5.56 Å². The Morgan fingerprint density at radius 1 is 0.842 bits per heavy atom. The Bertz CT molecular complexity index is 565. The van der Waals surface area contributed by atoms with Crippen molar-refractivity contribution in [2.75, 3.05) is 0 Å². The fourth-order valence-corrected chi connectivity index (χ4v) is 2.70. The second-order valence-electron chi connectivity index (χ2n) is 4.10. The van der Waals surface area contributed by atoms with E-state index in [9.17, 15) is 10.2 Å². The second-order valence-corrected chi connectivity index (χ2v) is 6.47. The van der Waals surface area contributed by atoms with Gasteiger partial charge in [-0.15, -0.1) is 0 Å². The summed E-state index contributed by atoms with van der Waals surface area (Å²) >= 11 is 18.1. The van der Waals surface area contributed by atoms with E-state index in [1.165, 1.54) is 6.07 Å². The summed E-state index contributed by atoms with van der Waals surface area (Å²) < 4.78 is -1.65. The van der Waals surface area contributed by atoms with Gasteiger partial charge in [-0.3, -0.25) is 0 Å². The lowest BCUT2D eigenvalue weighted by Crippen LogP contribution is -2.18. The molecular weight excluding hydrogens is 307 g/mol. The van der Waals surface area contributed by atoms with Gasteiger partial charge in [0.25, 0.3) is 0 Å². The third-order valence-corrected chi connectivity index (χ3v) is 3.47. The Morgan fingerprint density at radius 3 is 2.05 bits per heavy atom. The first-order valence-corrected chi connectivity index (χ1v) is 6.67. The van der Waals surface area contributed by atoms with Crippen molar-refractivity contribution in [3.05, 3.63) is 59.7 Å². The maximum atomic E-state index is 9.97. The number of halogens is 3. The summed E-state index contributed by atoms with van der Waals surface area (Å²) in [6.07, 6.45) is 0. The molecule has 2 nitrogen and oxygen atoms in total. The molecule has 2 aromatic carbocycles. The summed E-state index contributed by atoms with van der Waals surface area (Å²) in [5.74, 6) is -1.19. The Labute approximate surface area is 126 Å². The predicted octanol–water partition coefficient (Wildman–Crippen LogP) is 4.60. The van der Waals surface area contributed by atoms with Gasteiger partial charge in [0.1, 0.15) is 0 Å². The lowest BCUT2D eigenvalue weighted by Gasteiger charge is -2.26. The number of rotatable bonds is 2. The van der Waals surface area contributed by atoms with Gasteiger partial charge < -0.3 is 10.2 Å². The van der Waals surface area contributed by atoms with Crippen LogP contribution in [0.3, 0.4) is 0 Å². The number of aromatic hydroxyl groups is 2. The Kier molecular flexibility index (Phi) is 4.14. The van der Waals surface area contributed by atoms with Gasteiger partial charge in [-0.1, -0.05) is 77.3 Å². The zero-order chi connectivity index (χ0) is 14.0. The van der Waals surface area contributed by atoms with Gasteiger partial charge in [-0.05, 0) is 11.6 Å². The molecule has 19 heavy (non-hydrogen) atoms. The van der Waals surface area contributed by atoms with E-state index in [0.717, 1.165) is 5.56 Å². The van der Waals surface area contributed by atoms with Crippen molar-refractivity contribution in [2.45, 2.75) is 9.71 Å². The van der Waals surface area contributed by atoms with E-state index >= 15 is 0 Å². The van der Waals surface area contributed by atoms with Gasteiger partial charge in [-0.25, -0.2) is 0 Å². The monoisotopic (exact) mass is 316 g/mol. The van der Waals surface area contributed by atoms with Crippen LogP contribution in [0.4, 0.5) is 0 Å². The number of alkyl halides is 3. The van der Waals surface area contributed by atoms with Crippen LogP contribution >= 0.6 is 34.8 Å². The molecule has 0 amide bonds. The van der Waals surface area contributed by atoms with Crippen LogP contribution in [0.5, 0.6) is 11.5 Å². The molecule has 100 valence electrons. The van der Waals surface area contributed by atoms with Gasteiger partial charge in [-0.2, -0.15) is 0 Å². The van der Waals surface area contributed by atoms with Crippen molar-refractivity contribution in [1.82, 2.24) is 0 Å². The maximum Gasteiger partial charge on any atom is 0.201 e. The van der Waals surface area contributed by atoms with E-state index in [1.54, 1.807) is 24.3 Å². The first kappa shape index (κ1) is 14.3. The third kappa shape index (κ3) is 3.08. The Balaban J connectivity index is 2.60. The smallest absolute Gasteiger partial charge is 0.201 e. The number of para-hydroxylation sites is 1. The molecule has 2 aromatic rings. The highest BCUT2D eigenvalue weighted by atomic mass is 35.6. The van der Waals surface area contributed by atoms with Crippen LogP contribution in [-0.2, 0) is 0 Å². The zero-order valence-corrected chi connectivity index (χ0v) is 12.0.